The fourth-order valence-electron chi connectivity index (χ4n) is 1.84. The summed E-state index contributed by atoms with van der Waals surface area (Å²) in [5.74, 6) is 1.34. The lowest BCUT2D eigenvalue weighted by atomic mass is 10.2. The first-order valence-corrected chi connectivity index (χ1v) is 6.54. The minimum atomic E-state index is 0.0114. The Morgan fingerprint density at radius 1 is 1.42 bits per heavy atom. The number of nitrogens with one attached hydrogen (secondary N) is 3. The van der Waals surface area contributed by atoms with Crippen LogP contribution in [0.2, 0.25) is 0 Å². The van der Waals surface area contributed by atoms with E-state index in [1.54, 1.807) is 0 Å². The normalized spacial score (nSPS) is 11.2. The summed E-state index contributed by atoms with van der Waals surface area (Å²) in [4.78, 5) is 19.4. The first kappa shape index (κ1) is 13.5. The van der Waals surface area contributed by atoms with E-state index >= 15 is 0 Å². The van der Waals surface area contributed by atoms with E-state index in [-0.39, 0.29) is 5.91 Å². The largest absolute Gasteiger partial charge is 0.342 e. The number of fused-ring (bicyclic) bond motifs is 1. The molecule has 5 heteroatoms. The maximum absolute atomic E-state index is 11.6. The zero-order chi connectivity index (χ0) is 13.8. The van der Waals surface area contributed by atoms with Crippen LogP contribution in [0.1, 0.15) is 32.0 Å². The Bertz CT molecular complexity index is 574. The number of carbonyl (C=O) groups is 1. The second-order valence-electron chi connectivity index (χ2n) is 4.91. The van der Waals surface area contributed by atoms with Crippen LogP contribution in [0.3, 0.4) is 0 Å². The number of aromatic amines is 1. The molecule has 0 unspecified atom stereocenters. The fraction of sp³-hybridized carbons (Fsp3) is 0.429. The van der Waals surface area contributed by atoms with Gasteiger partial charge in [0.2, 0.25) is 5.91 Å². The molecule has 19 heavy (non-hydrogen) atoms. The van der Waals surface area contributed by atoms with Crippen LogP contribution >= 0.6 is 0 Å². The first-order chi connectivity index (χ1) is 9.10. The van der Waals surface area contributed by atoms with Crippen molar-refractivity contribution in [3.63, 3.8) is 0 Å². The average molecular weight is 260 g/mol. The van der Waals surface area contributed by atoms with Crippen LogP contribution in [-0.2, 0) is 4.79 Å². The van der Waals surface area contributed by atoms with Gasteiger partial charge >= 0.3 is 0 Å². The molecule has 102 valence electrons. The molecule has 0 atom stereocenters. The van der Waals surface area contributed by atoms with Crippen LogP contribution in [0.5, 0.6) is 0 Å². The highest BCUT2D eigenvalue weighted by Crippen LogP contribution is 2.20. The summed E-state index contributed by atoms with van der Waals surface area (Å²) in [5.41, 5.74) is 2.68. The minimum absolute atomic E-state index is 0.0114. The van der Waals surface area contributed by atoms with Crippen molar-refractivity contribution in [1.29, 1.82) is 0 Å². The van der Waals surface area contributed by atoms with Crippen molar-refractivity contribution in [3.05, 3.63) is 24.0 Å². The molecule has 0 aliphatic heterocycles. The smallest absolute Gasteiger partial charge is 0.225 e. The summed E-state index contributed by atoms with van der Waals surface area (Å²) in [5, 5.41) is 5.83. The van der Waals surface area contributed by atoms with Crippen LogP contribution < -0.4 is 10.6 Å². The van der Waals surface area contributed by atoms with Crippen molar-refractivity contribution in [3.8, 4) is 0 Å². The molecule has 0 radical (unpaired) electrons. The van der Waals surface area contributed by atoms with Crippen LogP contribution in [0.25, 0.3) is 11.0 Å². The van der Waals surface area contributed by atoms with Gasteiger partial charge in [0.1, 0.15) is 5.82 Å². The average Bonchev–Trinajstić information content (AvgIpc) is 2.79. The van der Waals surface area contributed by atoms with E-state index in [9.17, 15) is 4.79 Å². The van der Waals surface area contributed by atoms with Crippen LogP contribution in [0.15, 0.2) is 18.2 Å². The van der Waals surface area contributed by atoms with Gasteiger partial charge in [-0.3, -0.25) is 4.79 Å². The molecule has 1 amide bonds. The Kier molecular flexibility index (Phi) is 4.16. The highest BCUT2D eigenvalue weighted by Gasteiger charge is 2.08. The zero-order valence-corrected chi connectivity index (χ0v) is 11.6. The molecule has 2 rings (SSSR count). The SMILES string of the molecule is CNCCC(=O)Nc1ccc2nc(C(C)C)[nH]c2c1. The molecule has 1 heterocycles. The number of amides is 1. The zero-order valence-electron chi connectivity index (χ0n) is 11.6. The Hall–Kier alpha value is -1.88. The Balaban J connectivity index is 2.14. The molecular weight excluding hydrogens is 240 g/mol. The number of carbonyl (C=O) groups excluding carboxylic acids is 1. The third-order valence-electron chi connectivity index (χ3n) is 2.93. The van der Waals surface area contributed by atoms with E-state index in [1.807, 2.05) is 25.2 Å². The molecule has 5 nitrogen and oxygen atoms in total. The van der Waals surface area contributed by atoms with Gasteiger partial charge < -0.3 is 15.6 Å². The van der Waals surface area contributed by atoms with E-state index in [0.29, 0.717) is 18.9 Å². The van der Waals surface area contributed by atoms with Crippen molar-refractivity contribution in [2.45, 2.75) is 26.2 Å². The Labute approximate surface area is 112 Å². The van der Waals surface area contributed by atoms with Gasteiger partial charge in [0, 0.05) is 24.6 Å². The summed E-state index contributed by atoms with van der Waals surface area (Å²) >= 11 is 0. The molecule has 0 fully saturated rings. The van der Waals surface area contributed by atoms with Crippen molar-refractivity contribution < 1.29 is 4.79 Å². The Morgan fingerprint density at radius 2 is 2.21 bits per heavy atom. The predicted octanol–water partition coefficient (Wildman–Crippen LogP) is 2.23. The van der Waals surface area contributed by atoms with Crippen molar-refractivity contribution in [1.82, 2.24) is 15.3 Å². The van der Waals surface area contributed by atoms with E-state index < -0.39 is 0 Å². The third kappa shape index (κ3) is 3.32. The van der Waals surface area contributed by atoms with Gasteiger partial charge in [0.15, 0.2) is 0 Å². The topological polar surface area (TPSA) is 69.8 Å². The van der Waals surface area contributed by atoms with E-state index in [4.69, 9.17) is 0 Å². The third-order valence-corrected chi connectivity index (χ3v) is 2.93. The molecule has 0 aliphatic carbocycles. The van der Waals surface area contributed by atoms with Crippen LogP contribution in [0.4, 0.5) is 5.69 Å². The van der Waals surface area contributed by atoms with Crippen molar-refractivity contribution >= 4 is 22.6 Å². The number of nitrogens with zero attached hydrogens (tertiary/aromatic N) is 1. The molecule has 0 spiro atoms. The van der Waals surface area contributed by atoms with Crippen LogP contribution in [0, 0.1) is 0 Å². The molecule has 1 aromatic heterocycles. The van der Waals surface area contributed by atoms with Gasteiger partial charge in [-0.2, -0.15) is 0 Å². The van der Waals surface area contributed by atoms with Gasteiger partial charge in [-0.05, 0) is 25.2 Å². The number of hydrogen-bond acceptors (Lipinski definition) is 3. The van der Waals surface area contributed by atoms with E-state index in [1.165, 1.54) is 0 Å². The standard InChI is InChI=1S/C14H20N4O/c1-9(2)14-17-11-5-4-10(8-12(11)18-14)16-13(19)6-7-15-3/h4-5,8-9,15H,6-7H2,1-3H3,(H,16,19)(H,17,18). The minimum Gasteiger partial charge on any atom is -0.342 e. The monoisotopic (exact) mass is 260 g/mol. The summed E-state index contributed by atoms with van der Waals surface area (Å²) in [6, 6.07) is 5.72. The molecule has 0 saturated heterocycles. The highest BCUT2D eigenvalue weighted by molar-refractivity contribution is 5.93. The predicted molar refractivity (Wildman–Crippen MR) is 77.4 cm³/mol. The first-order valence-electron chi connectivity index (χ1n) is 6.54. The summed E-state index contributed by atoms with van der Waals surface area (Å²) < 4.78 is 0. The lowest BCUT2D eigenvalue weighted by molar-refractivity contribution is -0.116. The number of H-pyrrole nitrogens is 1. The molecular formula is C14H20N4O. The number of rotatable bonds is 5. The fourth-order valence-corrected chi connectivity index (χ4v) is 1.84. The van der Waals surface area contributed by atoms with Gasteiger partial charge in [0.25, 0.3) is 0 Å². The molecule has 0 bridgehead atoms. The molecule has 0 aliphatic rings. The summed E-state index contributed by atoms with van der Waals surface area (Å²) in [7, 11) is 1.83. The lowest BCUT2D eigenvalue weighted by Gasteiger charge is -2.04. The molecule has 1 aromatic carbocycles. The number of imidazole rings is 1. The van der Waals surface area contributed by atoms with Gasteiger partial charge in [-0.1, -0.05) is 13.8 Å². The van der Waals surface area contributed by atoms with E-state index in [0.717, 1.165) is 22.5 Å². The molecule has 0 saturated carbocycles. The van der Waals surface area contributed by atoms with Crippen LogP contribution in [-0.4, -0.2) is 29.5 Å². The van der Waals surface area contributed by atoms with Crippen molar-refractivity contribution in [2.75, 3.05) is 18.9 Å². The summed E-state index contributed by atoms with van der Waals surface area (Å²) in [6.45, 7) is 4.87. The lowest BCUT2D eigenvalue weighted by Crippen LogP contribution is -2.18. The molecule has 2 aromatic rings. The van der Waals surface area contributed by atoms with Gasteiger partial charge in [-0.25, -0.2) is 4.98 Å². The van der Waals surface area contributed by atoms with E-state index in [2.05, 4.69) is 34.4 Å². The van der Waals surface area contributed by atoms with Gasteiger partial charge in [-0.15, -0.1) is 0 Å². The number of anilines is 1. The Morgan fingerprint density at radius 3 is 2.89 bits per heavy atom. The van der Waals surface area contributed by atoms with Gasteiger partial charge in [0.05, 0.1) is 11.0 Å². The highest BCUT2D eigenvalue weighted by atomic mass is 16.1. The number of aromatic nitrogens is 2. The maximum atomic E-state index is 11.6. The number of hydrogen-bond donors (Lipinski definition) is 3. The second-order valence-corrected chi connectivity index (χ2v) is 4.91. The quantitative estimate of drug-likeness (QED) is 0.772. The summed E-state index contributed by atoms with van der Waals surface area (Å²) in [6.07, 6.45) is 0.467. The maximum Gasteiger partial charge on any atom is 0.225 e. The number of benzene rings is 1. The second kappa shape index (κ2) is 5.84. The van der Waals surface area contributed by atoms with Crippen molar-refractivity contribution in [2.24, 2.45) is 0 Å². The molecule has 3 N–H and O–H groups in total.